The van der Waals surface area contributed by atoms with Gasteiger partial charge in [0.1, 0.15) is 0 Å². The molecule has 1 fully saturated rings. The molecule has 2 heterocycles. The average Bonchev–Trinajstić information content (AvgIpc) is 2.91. The van der Waals surface area contributed by atoms with Crippen molar-refractivity contribution in [1.82, 2.24) is 4.98 Å². The van der Waals surface area contributed by atoms with Crippen LogP contribution < -0.4 is 4.90 Å². The first kappa shape index (κ1) is 15.4. The molecule has 22 heavy (non-hydrogen) atoms. The van der Waals surface area contributed by atoms with Crippen molar-refractivity contribution < 1.29 is 12.8 Å². The van der Waals surface area contributed by atoms with E-state index in [1.165, 1.54) is 12.1 Å². The molecule has 5 nitrogen and oxygen atoms in total. The number of sulfone groups is 1. The second-order valence-corrected chi connectivity index (χ2v) is 7.65. The number of oxazole rings is 1. The van der Waals surface area contributed by atoms with E-state index in [0.717, 1.165) is 32.4 Å². The molecule has 118 valence electrons. The van der Waals surface area contributed by atoms with Crippen LogP contribution in [-0.2, 0) is 9.84 Å². The molecule has 0 saturated carbocycles. The summed E-state index contributed by atoms with van der Waals surface area (Å²) in [5.74, 6) is 0.709. The summed E-state index contributed by atoms with van der Waals surface area (Å²) < 4.78 is 31.3. The summed E-state index contributed by atoms with van der Waals surface area (Å²) in [5, 5.41) is 0.487. The van der Waals surface area contributed by atoms with Crippen LogP contribution in [0.25, 0.3) is 0 Å². The lowest BCUT2D eigenvalue weighted by molar-refractivity contribution is 0.476. The lowest BCUT2D eigenvalue weighted by Crippen LogP contribution is -2.30. The number of piperidine rings is 1. The van der Waals surface area contributed by atoms with Crippen LogP contribution >= 0.6 is 11.6 Å². The molecule has 1 aromatic carbocycles. The standard InChI is InChI=1S/C15H17ClN2O3S/c1-11-17-14(15(21-11)18-9-3-2-4-10-18)22(19,20)13-7-5-12(16)6-8-13/h5-8H,2-4,9-10H2,1H3. The third kappa shape index (κ3) is 2.85. The minimum Gasteiger partial charge on any atom is -0.424 e. The monoisotopic (exact) mass is 340 g/mol. The maximum Gasteiger partial charge on any atom is 0.236 e. The maximum absolute atomic E-state index is 12.8. The Kier molecular flexibility index (Phi) is 4.14. The first-order valence-electron chi connectivity index (χ1n) is 7.21. The number of aryl methyl sites for hydroxylation is 1. The molecule has 0 aliphatic carbocycles. The fourth-order valence-corrected chi connectivity index (χ4v) is 4.09. The lowest BCUT2D eigenvalue weighted by Gasteiger charge is -2.26. The van der Waals surface area contributed by atoms with E-state index in [2.05, 4.69) is 4.98 Å². The Morgan fingerprint density at radius 1 is 1.14 bits per heavy atom. The second kappa shape index (κ2) is 5.93. The zero-order valence-electron chi connectivity index (χ0n) is 12.3. The van der Waals surface area contributed by atoms with Gasteiger partial charge < -0.3 is 9.32 Å². The Hall–Kier alpha value is -1.53. The van der Waals surface area contributed by atoms with Crippen LogP contribution in [0.15, 0.2) is 38.6 Å². The van der Waals surface area contributed by atoms with Crippen LogP contribution in [0.5, 0.6) is 0 Å². The number of nitrogens with zero attached hydrogens (tertiary/aromatic N) is 2. The second-order valence-electron chi connectivity index (χ2n) is 5.35. The number of hydrogen-bond acceptors (Lipinski definition) is 5. The molecule has 0 spiro atoms. The van der Waals surface area contributed by atoms with Crippen LogP contribution in [-0.4, -0.2) is 26.5 Å². The molecule has 0 radical (unpaired) electrons. The molecular formula is C15H17ClN2O3S. The maximum atomic E-state index is 12.8. The van der Waals surface area contributed by atoms with Gasteiger partial charge in [0.05, 0.1) is 4.90 Å². The number of aromatic nitrogens is 1. The fraction of sp³-hybridized carbons (Fsp3) is 0.400. The van der Waals surface area contributed by atoms with E-state index in [4.69, 9.17) is 16.0 Å². The predicted octanol–water partition coefficient (Wildman–Crippen LogP) is 3.46. The Morgan fingerprint density at radius 3 is 2.41 bits per heavy atom. The number of benzene rings is 1. The fourth-order valence-electron chi connectivity index (χ4n) is 2.59. The number of anilines is 1. The molecule has 2 aromatic rings. The Bertz CT molecular complexity index is 763. The third-order valence-corrected chi connectivity index (χ3v) is 5.63. The molecule has 3 rings (SSSR count). The van der Waals surface area contributed by atoms with E-state index in [9.17, 15) is 8.42 Å². The van der Waals surface area contributed by atoms with E-state index in [-0.39, 0.29) is 9.92 Å². The molecule has 1 aliphatic heterocycles. The quantitative estimate of drug-likeness (QED) is 0.856. The molecular weight excluding hydrogens is 324 g/mol. The van der Waals surface area contributed by atoms with Crippen LogP contribution in [0.1, 0.15) is 25.2 Å². The van der Waals surface area contributed by atoms with Crippen LogP contribution in [0.4, 0.5) is 5.88 Å². The summed E-state index contributed by atoms with van der Waals surface area (Å²) in [6, 6.07) is 6.09. The lowest BCUT2D eigenvalue weighted by atomic mass is 10.1. The molecule has 0 unspecified atom stereocenters. The van der Waals surface area contributed by atoms with E-state index in [1.807, 2.05) is 4.90 Å². The van der Waals surface area contributed by atoms with Gasteiger partial charge in [-0.15, -0.1) is 0 Å². The zero-order chi connectivity index (χ0) is 15.7. The molecule has 0 bridgehead atoms. The number of hydrogen-bond donors (Lipinski definition) is 0. The van der Waals surface area contributed by atoms with Gasteiger partial charge >= 0.3 is 0 Å². The minimum atomic E-state index is -3.72. The van der Waals surface area contributed by atoms with Gasteiger partial charge in [0.15, 0.2) is 5.89 Å². The van der Waals surface area contributed by atoms with Crippen molar-refractivity contribution >= 4 is 27.3 Å². The Labute approximate surface area is 134 Å². The molecule has 1 aliphatic rings. The predicted molar refractivity (Wildman–Crippen MR) is 84.2 cm³/mol. The van der Waals surface area contributed by atoms with Crippen molar-refractivity contribution in [1.29, 1.82) is 0 Å². The van der Waals surface area contributed by atoms with Crippen molar-refractivity contribution in [3.05, 3.63) is 35.2 Å². The first-order valence-corrected chi connectivity index (χ1v) is 9.07. The number of rotatable bonds is 3. The molecule has 1 aromatic heterocycles. The van der Waals surface area contributed by atoms with E-state index < -0.39 is 9.84 Å². The van der Waals surface area contributed by atoms with Crippen molar-refractivity contribution in [3.63, 3.8) is 0 Å². The Balaban J connectivity index is 2.05. The first-order chi connectivity index (χ1) is 10.5. The van der Waals surface area contributed by atoms with Crippen LogP contribution in [0.3, 0.4) is 0 Å². The van der Waals surface area contributed by atoms with Crippen molar-refractivity contribution in [2.75, 3.05) is 18.0 Å². The normalized spacial score (nSPS) is 16.0. The highest BCUT2D eigenvalue weighted by Gasteiger charge is 2.30. The van der Waals surface area contributed by atoms with E-state index in [1.54, 1.807) is 19.1 Å². The van der Waals surface area contributed by atoms with Gasteiger partial charge in [-0.2, -0.15) is 4.98 Å². The van der Waals surface area contributed by atoms with Gasteiger partial charge in [0.2, 0.25) is 20.7 Å². The summed E-state index contributed by atoms with van der Waals surface area (Å²) in [5.41, 5.74) is 0. The van der Waals surface area contributed by atoms with E-state index >= 15 is 0 Å². The largest absolute Gasteiger partial charge is 0.424 e. The van der Waals surface area contributed by atoms with Gasteiger partial charge in [-0.25, -0.2) is 8.42 Å². The molecule has 0 amide bonds. The Morgan fingerprint density at radius 2 is 1.77 bits per heavy atom. The van der Waals surface area contributed by atoms with Gasteiger partial charge in [0.25, 0.3) is 0 Å². The highest BCUT2D eigenvalue weighted by atomic mass is 35.5. The zero-order valence-corrected chi connectivity index (χ0v) is 13.8. The summed E-state index contributed by atoms with van der Waals surface area (Å²) in [6.45, 7) is 3.24. The molecule has 0 atom stereocenters. The summed E-state index contributed by atoms with van der Waals surface area (Å²) in [6.07, 6.45) is 3.21. The molecule has 7 heteroatoms. The van der Waals surface area contributed by atoms with Crippen molar-refractivity contribution in [2.24, 2.45) is 0 Å². The topological polar surface area (TPSA) is 63.4 Å². The smallest absolute Gasteiger partial charge is 0.236 e. The molecule has 1 saturated heterocycles. The van der Waals surface area contributed by atoms with Gasteiger partial charge in [-0.3, -0.25) is 0 Å². The SMILES string of the molecule is Cc1nc(S(=O)(=O)c2ccc(Cl)cc2)c(N2CCCCC2)o1. The summed E-state index contributed by atoms with van der Waals surface area (Å²) >= 11 is 5.83. The van der Waals surface area contributed by atoms with Crippen LogP contribution in [0, 0.1) is 6.92 Å². The highest BCUT2D eigenvalue weighted by Crippen LogP contribution is 2.32. The van der Waals surface area contributed by atoms with Gasteiger partial charge in [0, 0.05) is 25.0 Å². The average molecular weight is 341 g/mol. The summed E-state index contributed by atoms with van der Waals surface area (Å²) in [4.78, 5) is 6.26. The third-order valence-electron chi connectivity index (χ3n) is 3.71. The number of halogens is 1. The van der Waals surface area contributed by atoms with Crippen molar-refractivity contribution in [2.45, 2.75) is 36.1 Å². The van der Waals surface area contributed by atoms with Crippen LogP contribution in [0.2, 0.25) is 5.02 Å². The minimum absolute atomic E-state index is 0.00535. The highest BCUT2D eigenvalue weighted by molar-refractivity contribution is 7.91. The van der Waals surface area contributed by atoms with E-state index in [0.29, 0.717) is 16.8 Å². The van der Waals surface area contributed by atoms with Crippen molar-refractivity contribution in [3.8, 4) is 0 Å². The summed E-state index contributed by atoms with van der Waals surface area (Å²) in [7, 11) is -3.72. The van der Waals surface area contributed by atoms with Gasteiger partial charge in [-0.05, 0) is 43.5 Å². The van der Waals surface area contributed by atoms with Gasteiger partial charge in [-0.1, -0.05) is 11.6 Å². The molecule has 0 N–H and O–H groups in total.